The summed E-state index contributed by atoms with van der Waals surface area (Å²) in [5, 5.41) is 8.64. The van der Waals surface area contributed by atoms with Gasteiger partial charge >= 0.3 is 0 Å². The van der Waals surface area contributed by atoms with E-state index in [1.807, 2.05) is 63.4 Å². The summed E-state index contributed by atoms with van der Waals surface area (Å²) in [5.74, 6) is -0.185. The van der Waals surface area contributed by atoms with Gasteiger partial charge in [0.05, 0.1) is 17.1 Å². The monoisotopic (exact) mass is 573 g/mol. The summed E-state index contributed by atoms with van der Waals surface area (Å²) < 4.78 is 17.4. The number of nitrogens with one attached hydrogen (secondary N) is 1. The second-order valence-electron chi connectivity index (χ2n) is 10.00. The first-order chi connectivity index (χ1) is 18.1. The van der Waals surface area contributed by atoms with E-state index in [-0.39, 0.29) is 18.0 Å². The van der Waals surface area contributed by atoms with Gasteiger partial charge in [0.2, 0.25) is 5.91 Å². The minimum atomic E-state index is -0.444. The van der Waals surface area contributed by atoms with Crippen LogP contribution in [0.1, 0.15) is 32.2 Å². The lowest BCUT2D eigenvalue weighted by Crippen LogP contribution is -2.29. The molecule has 1 N–H and O–H groups in total. The molecule has 0 saturated heterocycles. The molecule has 0 atom stereocenters. The molecule has 9 heteroatoms. The number of para-hydroxylation sites is 1. The lowest BCUT2D eigenvalue weighted by molar-refractivity contribution is -0.116. The van der Waals surface area contributed by atoms with Gasteiger partial charge in [-0.15, -0.1) is 0 Å². The summed E-state index contributed by atoms with van der Waals surface area (Å²) in [5.41, 5.74) is 1.84. The maximum atomic E-state index is 13.5. The van der Waals surface area contributed by atoms with Gasteiger partial charge in [-0.2, -0.15) is 9.78 Å². The van der Waals surface area contributed by atoms with E-state index < -0.39 is 11.2 Å². The van der Waals surface area contributed by atoms with Crippen molar-refractivity contribution in [2.24, 2.45) is 5.10 Å². The van der Waals surface area contributed by atoms with E-state index in [0.29, 0.717) is 22.4 Å². The van der Waals surface area contributed by atoms with Gasteiger partial charge in [-0.3, -0.25) is 9.59 Å². The third-order valence-corrected chi connectivity index (χ3v) is 6.53. The van der Waals surface area contributed by atoms with Crippen LogP contribution in [0.2, 0.25) is 0 Å². The molecule has 2 aromatic heterocycles. The molecule has 0 radical (unpaired) electrons. The van der Waals surface area contributed by atoms with Gasteiger partial charge in [-0.25, -0.2) is 9.37 Å². The molecule has 7 nitrogen and oxygen atoms in total. The highest BCUT2D eigenvalue weighted by atomic mass is 79.9. The van der Waals surface area contributed by atoms with Crippen molar-refractivity contribution in [1.82, 2.24) is 14.2 Å². The molecule has 38 heavy (non-hydrogen) atoms. The molecule has 1 amide bonds. The molecule has 0 unspecified atom stereocenters. The van der Waals surface area contributed by atoms with Crippen LogP contribution >= 0.6 is 15.9 Å². The zero-order valence-corrected chi connectivity index (χ0v) is 22.7. The SMILES string of the molecule is CC(C)(C)c1nc2ccc(Br)cc2c(=O)n1N=Cc1cn(CC(=O)Nc2cccc(F)c2)c2ccccc12. The number of halogens is 2. The molecule has 0 fully saturated rings. The van der Waals surface area contributed by atoms with Gasteiger partial charge in [0.25, 0.3) is 5.56 Å². The fraction of sp³-hybridized carbons (Fsp3) is 0.172. The largest absolute Gasteiger partial charge is 0.337 e. The quantitative estimate of drug-likeness (QED) is 0.259. The topological polar surface area (TPSA) is 81.3 Å². The highest BCUT2D eigenvalue weighted by molar-refractivity contribution is 9.10. The molecule has 3 aromatic carbocycles. The van der Waals surface area contributed by atoms with Gasteiger partial charge in [-0.1, -0.05) is 61.0 Å². The Morgan fingerprint density at radius 3 is 2.63 bits per heavy atom. The van der Waals surface area contributed by atoms with Crippen LogP contribution in [-0.2, 0) is 16.8 Å². The van der Waals surface area contributed by atoms with Gasteiger partial charge in [-0.05, 0) is 42.5 Å². The number of fused-ring (bicyclic) bond motifs is 2. The lowest BCUT2D eigenvalue weighted by atomic mass is 9.95. The van der Waals surface area contributed by atoms with Crippen molar-refractivity contribution in [3.63, 3.8) is 0 Å². The number of carbonyl (C=O) groups excluding carboxylic acids is 1. The van der Waals surface area contributed by atoms with E-state index in [9.17, 15) is 14.0 Å². The van der Waals surface area contributed by atoms with Crippen LogP contribution in [0.25, 0.3) is 21.8 Å². The Labute approximate surface area is 226 Å². The number of hydrogen-bond donors (Lipinski definition) is 1. The molecule has 0 aliphatic heterocycles. The Balaban J connectivity index is 1.54. The summed E-state index contributed by atoms with van der Waals surface area (Å²) in [4.78, 5) is 31.0. The second-order valence-corrected chi connectivity index (χ2v) is 10.9. The first-order valence-corrected chi connectivity index (χ1v) is 12.8. The molecule has 0 bridgehead atoms. The summed E-state index contributed by atoms with van der Waals surface area (Å²) in [7, 11) is 0. The van der Waals surface area contributed by atoms with Crippen molar-refractivity contribution in [3.05, 3.63) is 105 Å². The summed E-state index contributed by atoms with van der Waals surface area (Å²) in [6.45, 7) is 5.96. The summed E-state index contributed by atoms with van der Waals surface area (Å²) >= 11 is 3.43. The van der Waals surface area contributed by atoms with Gasteiger partial charge in [0, 0.05) is 38.2 Å². The average molecular weight is 574 g/mol. The summed E-state index contributed by atoms with van der Waals surface area (Å²) in [6, 6.07) is 18.8. The van der Waals surface area contributed by atoms with Gasteiger partial charge < -0.3 is 9.88 Å². The number of anilines is 1. The fourth-order valence-electron chi connectivity index (χ4n) is 4.29. The lowest BCUT2D eigenvalue weighted by Gasteiger charge is -2.20. The highest BCUT2D eigenvalue weighted by Crippen LogP contribution is 2.24. The number of rotatable bonds is 5. The Bertz CT molecular complexity index is 1780. The van der Waals surface area contributed by atoms with Crippen molar-refractivity contribution >= 4 is 55.5 Å². The van der Waals surface area contributed by atoms with Crippen LogP contribution in [0.3, 0.4) is 0 Å². The third-order valence-electron chi connectivity index (χ3n) is 6.03. The number of carbonyl (C=O) groups is 1. The zero-order chi connectivity index (χ0) is 27.0. The molecular weight excluding hydrogens is 549 g/mol. The van der Waals surface area contributed by atoms with Gasteiger partial charge in [0.15, 0.2) is 0 Å². The van der Waals surface area contributed by atoms with Crippen molar-refractivity contribution in [2.75, 3.05) is 5.32 Å². The van der Waals surface area contributed by atoms with Crippen molar-refractivity contribution in [2.45, 2.75) is 32.7 Å². The molecule has 0 aliphatic rings. The molecule has 0 aliphatic carbocycles. The molecule has 5 aromatic rings. The predicted molar refractivity (Wildman–Crippen MR) is 152 cm³/mol. The molecule has 0 saturated carbocycles. The van der Waals surface area contributed by atoms with E-state index in [1.54, 1.807) is 29.0 Å². The Hall–Kier alpha value is -4.11. The van der Waals surface area contributed by atoms with E-state index in [1.165, 1.54) is 16.8 Å². The van der Waals surface area contributed by atoms with Crippen LogP contribution in [0.5, 0.6) is 0 Å². The normalized spacial score (nSPS) is 12.0. The third kappa shape index (κ3) is 5.15. The zero-order valence-electron chi connectivity index (χ0n) is 21.1. The predicted octanol–water partition coefficient (Wildman–Crippen LogP) is 6.07. The number of benzene rings is 3. The van der Waals surface area contributed by atoms with E-state index in [0.717, 1.165) is 20.9 Å². The second kappa shape index (κ2) is 9.98. The van der Waals surface area contributed by atoms with Gasteiger partial charge in [0.1, 0.15) is 18.2 Å². The van der Waals surface area contributed by atoms with Crippen LogP contribution < -0.4 is 10.9 Å². The number of nitrogens with zero attached hydrogens (tertiary/aromatic N) is 4. The number of hydrogen-bond acceptors (Lipinski definition) is 4. The standard InChI is InChI=1S/C29H25BrFN5O2/c1-29(2,3)28-34-24-12-11-19(30)13-23(24)27(38)36(28)32-15-18-16-35(25-10-5-4-9-22(18)25)17-26(37)33-21-8-6-7-20(31)14-21/h4-16H,17H2,1-3H3,(H,33,37). The first kappa shape index (κ1) is 25.5. The van der Waals surface area contributed by atoms with E-state index in [4.69, 9.17) is 4.98 Å². The Kier molecular flexibility index (Phi) is 6.71. The summed E-state index contributed by atoms with van der Waals surface area (Å²) in [6.07, 6.45) is 3.43. The number of amides is 1. The Morgan fingerprint density at radius 2 is 1.87 bits per heavy atom. The van der Waals surface area contributed by atoms with Crippen LogP contribution in [0, 0.1) is 5.82 Å². The average Bonchev–Trinajstić information content (AvgIpc) is 3.20. The van der Waals surface area contributed by atoms with Crippen molar-refractivity contribution < 1.29 is 9.18 Å². The highest BCUT2D eigenvalue weighted by Gasteiger charge is 2.23. The van der Waals surface area contributed by atoms with E-state index in [2.05, 4.69) is 26.3 Å². The van der Waals surface area contributed by atoms with Crippen molar-refractivity contribution in [1.29, 1.82) is 0 Å². The Morgan fingerprint density at radius 1 is 1.08 bits per heavy atom. The minimum absolute atomic E-state index is 0.0175. The van der Waals surface area contributed by atoms with Crippen LogP contribution in [-0.4, -0.2) is 26.3 Å². The molecule has 2 heterocycles. The molecule has 5 rings (SSSR count). The maximum absolute atomic E-state index is 13.5. The maximum Gasteiger partial charge on any atom is 0.282 e. The first-order valence-electron chi connectivity index (χ1n) is 12.0. The molecule has 192 valence electrons. The smallest absolute Gasteiger partial charge is 0.282 e. The van der Waals surface area contributed by atoms with Crippen LogP contribution in [0.4, 0.5) is 10.1 Å². The fourth-order valence-corrected chi connectivity index (χ4v) is 4.65. The van der Waals surface area contributed by atoms with E-state index >= 15 is 0 Å². The molecular formula is C29H25BrFN5O2. The number of aromatic nitrogens is 3. The van der Waals surface area contributed by atoms with Crippen molar-refractivity contribution in [3.8, 4) is 0 Å². The molecule has 0 spiro atoms. The van der Waals surface area contributed by atoms with Crippen LogP contribution in [0.15, 0.2) is 87.3 Å². The minimum Gasteiger partial charge on any atom is -0.337 e.